The molecule has 5 heteroatoms. The summed E-state index contributed by atoms with van der Waals surface area (Å²) in [5.41, 5.74) is 4.25. The molecule has 5 nitrogen and oxygen atoms in total. The maximum Gasteiger partial charge on any atom is 0.321 e. The second-order valence-corrected chi connectivity index (χ2v) is 7.46. The van der Waals surface area contributed by atoms with Crippen LogP contribution in [0.4, 0.5) is 10.5 Å². The standard InChI is InChI=1S/C21H22N4O/c1-14-5-4-6-16(11-14)22-21(26)24-12-17(13-24)25-19-8-3-2-7-18(19)23-20(25)15-9-10-15/h2-8,11,15,17H,9-10,12-13H2,1H3,(H,22,26). The molecular formula is C21H22N4O. The number of para-hydroxylation sites is 2. The van der Waals surface area contributed by atoms with Crippen LogP contribution >= 0.6 is 0 Å². The van der Waals surface area contributed by atoms with E-state index in [1.54, 1.807) is 0 Å². The minimum atomic E-state index is -0.0238. The first-order valence-corrected chi connectivity index (χ1v) is 9.28. The fraction of sp³-hybridized carbons (Fsp3) is 0.333. The quantitative estimate of drug-likeness (QED) is 0.768. The Morgan fingerprint density at radius 3 is 2.69 bits per heavy atom. The van der Waals surface area contributed by atoms with E-state index in [1.807, 2.05) is 42.2 Å². The molecular weight excluding hydrogens is 324 g/mol. The molecule has 1 aliphatic heterocycles. The molecule has 1 N–H and O–H groups in total. The summed E-state index contributed by atoms with van der Waals surface area (Å²) in [5.74, 6) is 1.80. The van der Waals surface area contributed by atoms with Gasteiger partial charge in [-0.2, -0.15) is 0 Å². The van der Waals surface area contributed by atoms with E-state index in [0.717, 1.165) is 29.9 Å². The normalized spacial score (nSPS) is 17.3. The van der Waals surface area contributed by atoms with Crippen molar-refractivity contribution in [1.29, 1.82) is 0 Å². The van der Waals surface area contributed by atoms with Crippen molar-refractivity contribution in [2.45, 2.75) is 31.7 Å². The molecule has 0 radical (unpaired) electrons. The molecule has 0 atom stereocenters. The number of carbonyl (C=O) groups excluding carboxylic acids is 1. The molecule has 26 heavy (non-hydrogen) atoms. The fourth-order valence-corrected chi connectivity index (χ4v) is 3.79. The first-order chi connectivity index (χ1) is 12.7. The lowest BCUT2D eigenvalue weighted by Crippen LogP contribution is -2.52. The first-order valence-electron chi connectivity index (χ1n) is 9.28. The van der Waals surface area contributed by atoms with Crippen molar-refractivity contribution < 1.29 is 4.79 Å². The summed E-state index contributed by atoms with van der Waals surface area (Å²) < 4.78 is 2.38. The molecule has 0 bridgehead atoms. The molecule has 2 aliphatic rings. The molecule has 2 fully saturated rings. The first kappa shape index (κ1) is 15.4. The van der Waals surface area contributed by atoms with Crippen molar-refractivity contribution in [2.24, 2.45) is 0 Å². The van der Waals surface area contributed by atoms with Gasteiger partial charge in [0.1, 0.15) is 5.82 Å². The summed E-state index contributed by atoms with van der Waals surface area (Å²) in [5, 5.41) is 3.00. The van der Waals surface area contributed by atoms with Crippen LogP contribution in [0.2, 0.25) is 0 Å². The van der Waals surface area contributed by atoms with Crippen LogP contribution < -0.4 is 5.32 Å². The Morgan fingerprint density at radius 1 is 1.12 bits per heavy atom. The van der Waals surface area contributed by atoms with Gasteiger partial charge in [-0.15, -0.1) is 0 Å². The van der Waals surface area contributed by atoms with E-state index in [0.29, 0.717) is 12.0 Å². The van der Waals surface area contributed by atoms with Gasteiger partial charge in [0.15, 0.2) is 0 Å². The number of anilines is 1. The van der Waals surface area contributed by atoms with Gasteiger partial charge in [0.05, 0.1) is 17.1 Å². The van der Waals surface area contributed by atoms with Gasteiger partial charge in [-0.25, -0.2) is 9.78 Å². The van der Waals surface area contributed by atoms with E-state index in [1.165, 1.54) is 24.2 Å². The van der Waals surface area contributed by atoms with E-state index in [4.69, 9.17) is 4.98 Å². The summed E-state index contributed by atoms with van der Waals surface area (Å²) in [6, 6.07) is 16.5. The number of amides is 2. The van der Waals surface area contributed by atoms with E-state index in [2.05, 4.69) is 28.1 Å². The van der Waals surface area contributed by atoms with Crippen molar-refractivity contribution in [3.63, 3.8) is 0 Å². The number of rotatable bonds is 3. The maximum atomic E-state index is 12.5. The van der Waals surface area contributed by atoms with E-state index >= 15 is 0 Å². The number of imidazole rings is 1. The number of aryl methyl sites for hydroxylation is 1. The lowest BCUT2D eigenvalue weighted by atomic mass is 10.1. The van der Waals surface area contributed by atoms with E-state index in [9.17, 15) is 4.79 Å². The Labute approximate surface area is 152 Å². The number of fused-ring (bicyclic) bond motifs is 1. The van der Waals surface area contributed by atoms with Gasteiger partial charge in [0.2, 0.25) is 0 Å². The van der Waals surface area contributed by atoms with Gasteiger partial charge in [0.25, 0.3) is 0 Å². The van der Waals surface area contributed by atoms with Crippen molar-refractivity contribution in [3.05, 3.63) is 59.9 Å². The van der Waals surface area contributed by atoms with Crippen LogP contribution in [0, 0.1) is 6.92 Å². The van der Waals surface area contributed by atoms with E-state index in [-0.39, 0.29) is 6.03 Å². The van der Waals surface area contributed by atoms with Gasteiger partial charge < -0.3 is 14.8 Å². The molecule has 5 rings (SSSR count). The molecule has 2 heterocycles. The molecule has 0 unspecified atom stereocenters. The monoisotopic (exact) mass is 346 g/mol. The van der Waals surface area contributed by atoms with Crippen molar-refractivity contribution in [1.82, 2.24) is 14.5 Å². The lowest BCUT2D eigenvalue weighted by molar-refractivity contribution is 0.135. The molecule has 2 amide bonds. The molecule has 1 saturated carbocycles. The van der Waals surface area contributed by atoms with Gasteiger partial charge in [0, 0.05) is 24.7 Å². The summed E-state index contributed by atoms with van der Waals surface area (Å²) in [7, 11) is 0. The third kappa shape index (κ3) is 2.64. The number of aromatic nitrogens is 2. The van der Waals surface area contributed by atoms with Crippen LogP contribution in [0.5, 0.6) is 0 Å². The Morgan fingerprint density at radius 2 is 1.92 bits per heavy atom. The molecule has 1 aromatic heterocycles. The second kappa shape index (κ2) is 5.87. The topological polar surface area (TPSA) is 50.2 Å². The third-order valence-corrected chi connectivity index (χ3v) is 5.35. The van der Waals surface area contributed by atoms with Gasteiger partial charge >= 0.3 is 6.03 Å². The smallest absolute Gasteiger partial charge is 0.321 e. The van der Waals surface area contributed by atoms with Crippen LogP contribution in [0.3, 0.4) is 0 Å². The van der Waals surface area contributed by atoms with Gasteiger partial charge in [-0.1, -0.05) is 24.3 Å². The number of nitrogens with zero attached hydrogens (tertiary/aromatic N) is 3. The highest BCUT2D eigenvalue weighted by Gasteiger charge is 2.37. The highest BCUT2D eigenvalue weighted by Crippen LogP contribution is 2.42. The Hall–Kier alpha value is -2.82. The Kier molecular flexibility index (Phi) is 3.48. The Balaban J connectivity index is 1.33. The number of nitrogens with one attached hydrogen (secondary N) is 1. The zero-order chi connectivity index (χ0) is 17.7. The number of hydrogen-bond acceptors (Lipinski definition) is 2. The molecule has 132 valence electrons. The molecule has 0 spiro atoms. The van der Waals surface area contributed by atoms with Crippen LogP contribution in [-0.4, -0.2) is 33.6 Å². The van der Waals surface area contributed by atoms with Gasteiger partial charge in [-0.3, -0.25) is 0 Å². The van der Waals surface area contributed by atoms with Crippen molar-refractivity contribution >= 4 is 22.8 Å². The van der Waals surface area contributed by atoms with Crippen molar-refractivity contribution in [2.75, 3.05) is 18.4 Å². The van der Waals surface area contributed by atoms with Crippen LogP contribution in [0.1, 0.15) is 36.2 Å². The predicted molar refractivity (Wildman–Crippen MR) is 103 cm³/mol. The van der Waals surface area contributed by atoms with Gasteiger partial charge in [-0.05, 0) is 49.6 Å². The van der Waals surface area contributed by atoms with Crippen LogP contribution in [0.15, 0.2) is 48.5 Å². The molecule has 1 aliphatic carbocycles. The zero-order valence-corrected chi connectivity index (χ0v) is 14.9. The molecule has 2 aromatic carbocycles. The van der Waals surface area contributed by atoms with Crippen LogP contribution in [-0.2, 0) is 0 Å². The number of likely N-dealkylation sites (tertiary alicyclic amines) is 1. The number of urea groups is 1. The molecule has 1 saturated heterocycles. The van der Waals surface area contributed by atoms with Crippen molar-refractivity contribution in [3.8, 4) is 0 Å². The number of carbonyl (C=O) groups is 1. The largest absolute Gasteiger partial charge is 0.321 e. The minimum Gasteiger partial charge on any atom is -0.321 e. The summed E-state index contributed by atoms with van der Waals surface area (Å²) in [6.45, 7) is 3.49. The number of hydrogen-bond donors (Lipinski definition) is 1. The highest BCUT2D eigenvalue weighted by atomic mass is 16.2. The summed E-state index contributed by atoms with van der Waals surface area (Å²) >= 11 is 0. The summed E-state index contributed by atoms with van der Waals surface area (Å²) in [4.78, 5) is 19.2. The zero-order valence-electron chi connectivity index (χ0n) is 14.9. The summed E-state index contributed by atoms with van der Waals surface area (Å²) in [6.07, 6.45) is 2.46. The van der Waals surface area contributed by atoms with Crippen LogP contribution in [0.25, 0.3) is 11.0 Å². The van der Waals surface area contributed by atoms with E-state index < -0.39 is 0 Å². The predicted octanol–water partition coefficient (Wildman–Crippen LogP) is 4.31. The second-order valence-electron chi connectivity index (χ2n) is 7.46. The Bertz CT molecular complexity index is 983. The SMILES string of the molecule is Cc1cccc(NC(=O)N2CC(n3c(C4CC4)nc4ccccc43)C2)c1. The molecule has 3 aromatic rings. The fourth-order valence-electron chi connectivity index (χ4n) is 3.79. The average Bonchev–Trinajstić information content (AvgIpc) is 3.36. The third-order valence-electron chi connectivity index (χ3n) is 5.35. The number of benzene rings is 2. The highest BCUT2D eigenvalue weighted by molar-refractivity contribution is 5.90. The maximum absolute atomic E-state index is 12.5. The minimum absolute atomic E-state index is 0.0238. The lowest BCUT2D eigenvalue weighted by Gasteiger charge is -2.40. The average molecular weight is 346 g/mol.